The summed E-state index contributed by atoms with van der Waals surface area (Å²) in [6, 6.07) is 8.41. The number of carbonyl (C=O) groups excluding carboxylic acids is 1. The molecular weight excluding hydrogens is 441 g/mol. The Kier molecular flexibility index (Phi) is 11.5. The fraction of sp³-hybridized carbons (Fsp3) is 0.579. The second-order valence-corrected chi connectivity index (χ2v) is 7.40. The van der Waals surface area contributed by atoms with E-state index in [1.165, 1.54) is 5.56 Å². The number of hydrogen-bond acceptors (Lipinski definition) is 3. The number of hydrogen-bond donors (Lipinski definition) is 3. The van der Waals surface area contributed by atoms with Crippen molar-refractivity contribution in [3.8, 4) is 0 Å². The van der Waals surface area contributed by atoms with Gasteiger partial charge in [0, 0.05) is 18.6 Å². The Balaban J connectivity index is 0.00000625. The van der Waals surface area contributed by atoms with Crippen LogP contribution in [0.25, 0.3) is 0 Å². The van der Waals surface area contributed by atoms with Gasteiger partial charge in [-0.2, -0.15) is 0 Å². The van der Waals surface area contributed by atoms with Crippen molar-refractivity contribution in [2.75, 3.05) is 27.2 Å². The highest BCUT2D eigenvalue weighted by Gasteiger charge is 2.13. The Labute approximate surface area is 175 Å². The molecule has 0 atom stereocenters. The number of aliphatic imine (C=N–C) groups is 1. The third-order valence-electron chi connectivity index (χ3n) is 3.18. The first-order chi connectivity index (χ1) is 11.7. The lowest BCUT2D eigenvalue weighted by atomic mass is 10.1. The minimum Gasteiger partial charge on any atom is -0.357 e. The molecule has 0 aliphatic rings. The molecule has 7 heteroatoms. The van der Waals surface area contributed by atoms with E-state index in [4.69, 9.17) is 0 Å². The maximum Gasteiger partial charge on any atom is 0.239 e. The fourth-order valence-electron chi connectivity index (χ4n) is 2.33. The van der Waals surface area contributed by atoms with Crippen LogP contribution in [-0.2, 0) is 17.9 Å². The second kappa shape index (κ2) is 12.1. The Hall–Kier alpha value is -1.35. The average molecular weight is 475 g/mol. The lowest BCUT2D eigenvalue weighted by Gasteiger charge is -2.21. The second-order valence-electron chi connectivity index (χ2n) is 7.40. The molecule has 0 unspecified atom stereocenters. The lowest BCUT2D eigenvalue weighted by Crippen LogP contribution is -2.48. The number of nitrogens with one attached hydrogen (secondary N) is 3. The number of guanidine groups is 1. The van der Waals surface area contributed by atoms with Crippen LogP contribution < -0.4 is 16.0 Å². The van der Waals surface area contributed by atoms with Gasteiger partial charge < -0.3 is 20.9 Å². The first-order valence-electron chi connectivity index (χ1n) is 8.75. The van der Waals surface area contributed by atoms with Crippen LogP contribution in [0.5, 0.6) is 0 Å². The van der Waals surface area contributed by atoms with E-state index in [0.717, 1.165) is 18.7 Å². The van der Waals surface area contributed by atoms with Crippen LogP contribution in [-0.4, -0.2) is 49.5 Å². The van der Waals surface area contributed by atoms with Gasteiger partial charge in [0.1, 0.15) is 0 Å². The van der Waals surface area contributed by atoms with Crippen molar-refractivity contribution < 1.29 is 4.79 Å². The van der Waals surface area contributed by atoms with Gasteiger partial charge in [-0.3, -0.25) is 4.79 Å². The van der Waals surface area contributed by atoms with Gasteiger partial charge in [0.15, 0.2) is 5.96 Å². The van der Waals surface area contributed by atoms with Crippen molar-refractivity contribution in [2.24, 2.45) is 4.99 Å². The summed E-state index contributed by atoms with van der Waals surface area (Å²) in [5.74, 6) is 0.593. The molecule has 0 spiro atoms. The molecule has 1 rings (SSSR count). The summed E-state index contributed by atoms with van der Waals surface area (Å²) in [4.78, 5) is 18.6. The van der Waals surface area contributed by atoms with Crippen LogP contribution in [0, 0.1) is 0 Å². The van der Waals surface area contributed by atoms with Gasteiger partial charge in [-0.05, 0) is 52.9 Å². The van der Waals surface area contributed by atoms with Crippen molar-refractivity contribution >= 4 is 35.8 Å². The van der Waals surface area contributed by atoms with E-state index in [1.54, 1.807) is 0 Å². The van der Waals surface area contributed by atoms with Crippen LogP contribution in [0.2, 0.25) is 0 Å². The van der Waals surface area contributed by atoms with E-state index in [9.17, 15) is 4.79 Å². The third-order valence-corrected chi connectivity index (χ3v) is 3.18. The van der Waals surface area contributed by atoms with Crippen molar-refractivity contribution in [3.63, 3.8) is 0 Å². The molecule has 0 fully saturated rings. The molecule has 0 bridgehead atoms. The van der Waals surface area contributed by atoms with Gasteiger partial charge in [-0.1, -0.05) is 24.3 Å². The zero-order valence-electron chi connectivity index (χ0n) is 16.8. The van der Waals surface area contributed by atoms with Crippen molar-refractivity contribution in [2.45, 2.75) is 46.3 Å². The van der Waals surface area contributed by atoms with Gasteiger partial charge >= 0.3 is 0 Å². The molecule has 0 aliphatic heterocycles. The van der Waals surface area contributed by atoms with Crippen molar-refractivity contribution in [1.29, 1.82) is 0 Å². The molecule has 0 saturated heterocycles. The Morgan fingerprint density at radius 3 is 2.38 bits per heavy atom. The van der Waals surface area contributed by atoms with Gasteiger partial charge in [-0.25, -0.2) is 4.99 Å². The Bertz CT molecular complexity index is 582. The quantitative estimate of drug-likeness (QED) is 0.322. The van der Waals surface area contributed by atoms with Crippen LogP contribution in [0.4, 0.5) is 0 Å². The molecule has 0 radical (unpaired) electrons. The molecule has 3 N–H and O–H groups in total. The zero-order valence-corrected chi connectivity index (χ0v) is 19.2. The molecule has 0 aliphatic carbocycles. The van der Waals surface area contributed by atoms with Crippen LogP contribution in [0.15, 0.2) is 29.3 Å². The summed E-state index contributed by atoms with van der Waals surface area (Å²) in [6.45, 7) is 10.3. The number of amides is 1. The molecule has 148 valence electrons. The van der Waals surface area contributed by atoms with E-state index in [0.29, 0.717) is 12.5 Å². The maximum absolute atomic E-state index is 11.9. The van der Waals surface area contributed by atoms with Crippen LogP contribution in [0.1, 0.15) is 38.8 Å². The molecule has 26 heavy (non-hydrogen) atoms. The predicted octanol–water partition coefficient (Wildman–Crippen LogP) is 2.34. The van der Waals surface area contributed by atoms with E-state index in [1.807, 2.05) is 27.7 Å². The third kappa shape index (κ3) is 11.3. The smallest absolute Gasteiger partial charge is 0.239 e. The van der Waals surface area contributed by atoms with E-state index in [2.05, 4.69) is 64.2 Å². The molecule has 6 nitrogen and oxygen atoms in total. The topological polar surface area (TPSA) is 68.8 Å². The average Bonchev–Trinajstić information content (AvgIpc) is 2.48. The SMILES string of the molecule is CCNC(=NCc1cccc(CN(C)C)c1)NCC(=O)NC(C)(C)C.I. The van der Waals surface area contributed by atoms with Gasteiger partial charge in [0.25, 0.3) is 0 Å². The Morgan fingerprint density at radius 1 is 1.15 bits per heavy atom. The maximum atomic E-state index is 11.9. The number of benzene rings is 1. The molecule has 0 aromatic heterocycles. The van der Waals surface area contributed by atoms with Crippen LogP contribution in [0.3, 0.4) is 0 Å². The molecule has 1 amide bonds. The van der Waals surface area contributed by atoms with Crippen molar-refractivity contribution in [1.82, 2.24) is 20.9 Å². The highest BCUT2D eigenvalue weighted by atomic mass is 127. The number of carbonyl (C=O) groups is 1. The molecule has 0 saturated carbocycles. The summed E-state index contributed by atoms with van der Waals surface area (Å²) >= 11 is 0. The molecule has 0 heterocycles. The van der Waals surface area contributed by atoms with Gasteiger partial charge in [-0.15, -0.1) is 24.0 Å². The Morgan fingerprint density at radius 2 is 1.81 bits per heavy atom. The standard InChI is InChI=1S/C19H33N5O.HI/c1-7-20-18(22-13-17(25)23-19(2,3)4)21-12-15-9-8-10-16(11-15)14-24(5)6;/h8-11H,7,12-14H2,1-6H3,(H,23,25)(H2,20,21,22);1H. The number of halogens is 1. The summed E-state index contributed by atoms with van der Waals surface area (Å²) in [5, 5.41) is 9.17. The highest BCUT2D eigenvalue weighted by Crippen LogP contribution is 2.08. The highest BCUT2D eigenvalue weighted by molar-refractivity contribution is 14.0. The lowest BCUT2D eigenvalue weighted by molar-refractivity contribution is -0.121. The fourth-order valence-corrected chi connectivity index (χ4v) is 2.33. The zero-order chi connectivity index (χ0) is 18.9. The largest absolute Gasteiger partial charge is 0.357 e. The summed E-state index contributed by atoms with van der Waals surface area (Å²) in [6.07, 6.45) is 0. The van der Waals surface area contributed by atoms with Gasteiger partial charge in [0.05, 0.1) is 13.1 Å². The summed E-state index contributed by atoms with van der Waals surface area (Å²) in [7, 11) is 4.11. The predicted molar refractivity (Wildman–Crippen MR) is 120 cm³/mol. The number of rotatable bonds is 7. The van der Waals surface area contributed by atoms with Crippen molar-refractivity contribution in [3.05, 3.63) is 35.4 Å². The minimum atomic E-state index is -0.235. The normalized spacial score (nSPS) is 11.7. The van der Waals surface area contributed by atoms with Gasteiger partial charge in [0.2, 0.25) is 5.91 Å². The first kappa shape index (κ1) is 24.7. The van der Waals surface area contributed by atoms with E-state index >= 15 is 0 Å². The number of nitrogens with zero attached hydrogens (tertiary/aromatic N) is 2. The molecular formula is C19H34IN5O. The van der Waals surface area contributed by atoms with E-state index < -0.39 is 0 Å². The van der Waals surface area contributed by atoms with E-state index in [-0.39, 0.29) is 42.0 Å². The summed E-state index contributed by atoms with van der Waals surface area (Å²) in [5.41, 5.74) is 2.18. The summed E-state index contributed by atoms with van der Waals surface area (Å²) < 4.78 is 0. The monoisotopic (exact) mass is 475 g/mol. The first-order valence-corrected chi connectivity index (χ1v) is 8.75. The molecule has 1 aromatic rings. The van der Waals surface area contributed by atoms with Crippen LogP contribution >= 0.6 is 24.0 Å². The minimum absolute atomic E-state index is 0. The molecule has 1 aromatic carbocycles.